The first-order valence-corrected chi connectivity index (χ1v) is 12.6. The minimum absolute atomic E-state index is 0.00636. The fraction of sp³-hybridized carbons (Fsp3) is 0.348. The van der Waals surface area contributed by atoms with Crippen LogP contribution < -0.4 is 5.32 Å². The molecule has 9 heteroatoms. The number of hydrogen-bond acceptors (Lipinski definition) is 3. The van der Waals surface area contributed by atoms with E-state index in [1.807, 2.05) is 0 Å². The summed E-state index contributed by atoms with van der Waals surface area (Å²) in [7, 11) is -4.11. The Morgan fingerprint density at radius 2 is 1.84 bits per heavy atom. The summed E-state index contributed by atoms with van der Waals surface area (Å²) in [6.45, 7) is -0.427. The molecule has 3 rings (SSSR count). The molecule has 1 amide bonds. The Bertz CT molecular complexity index is 1070. The van der Waals surface area contributed by atoms with Gasteiger partial charge >= 0.3 is 0 Å². The van der Waals surface area contributed by atoms with Crippen LogP contribution in [0.4, 0.5) is 4.39 Å². The average molecular weight is 499 g/mol. The molecule has 0 aromatic heterocycles. The first-order valence-electron chi connectivity index (χ1n) is 10.4. The van der Waals surface area contributed by atoms with Crippen molar-refractivity contribution in [3.05, 3.63) is 75.5 Å². The lowest BCUT2D eigenvalue weighted by atomic mass is 9.97. The monoisotopic (exact) mass is 498 g/mol. The van der Waals surface area contributed by atoms with Crippen LogP contribution in [0.1, 0.15) is 37.7 Å². The van der Waals surface area contributed by atoms with Crippen LogP contribution in [0, 0.1) is 5.82 Å². The molecule has 0 fully saturated rings. The molecule has 2 aromatic carbocycles. The summed E-state index contributed by atoms with van der Waals surface area (Å²) in [6.07, 6.45) is 7.35. The summed E-state index contributed by atoms with van der Waals surface area (Å²) < 4.78 is 41.8. The molecule has 0 bridgehead atoms. The van der Waals surface area contributed by atoms with Gasteiger partial charge in [-0.1, -0.05) is 40.9 Å². The molecular formula is C23H25Cl2FN2O3S. The zero-order valence-corrected chi connectivity index (χ0v) is 19.8. The topological polar surface area (TPSA) is 66.5 Å². The van der Waals surface area contributed by atoms with E-state index in [0.717, 1.165) is 30.0 Å². The van der Waals surface area contributed by atoms with Crippen molar-refractivity contribution in [1.82, 2.24) is 9.62 Å². The lowest BCUT2D eigenvalue weighted by Gasteiger charge is -2.23. The Labute approximate surface area is 198 Å². The van der Waals surface area contributed by atoms with E-state index in [0.29, 0.717) is 11.6 Å². The number of benzene rings is 2. The lowest BCUT2D eigenvalue weighted by molar-refractivity contribution is -0.121. The number of halogens is 3. The van der Waals surface area contributed by atoms with Crippen LogP contribution in [-0.2, 0) is 21.4 Å². The van der Waals surface area contributed by atoms with Gasteiger partial charge in [-0.05, 0) is 68.5 Å². The Hall–Kier alpha value is -1.93. The fourth-order valence-electron chi connectivity index (χ4n) is 3.55. The molecule has 1 aliphatic carbocycles. The Morgan fingerprint density at radius 1 is 1.09 bits per heavy atom. The summed E-state index contributed by atoms with van der Waals surface area (Å²) in [5.74, 6) is -1.11. The molecule has 1 N–H and O–H groups in total. The number of hydrogen-bond donors (Lipinski definition) is 1. The third-order valence-electron chi connectivity index (χ3n) is 5.32. The third-order valence-corrected chi connectivity index (χ3v) is 7.73. The lowest BCUT2D eigenvalue weighted by Crippen LogP contribution is -2.40. The fourth-order valence-corrected chi connectivity index (χ4v) is 5.26. The number of carbonyl (C=O) groups is 1. The number of sulfonamides is 1. The van der Waals surface area contributed by atoms with E-state index in [9.17, 15) is 17.6 Å². The molecule has 0 radical (unpaired) electrons. The minimum atomic E-state index is -4.11. The second-order valence-corrected chi connectivity index (χ2v) is 10.4. The van der Waals surface area contributed by atoms with Crippen LogP contribution in [0.3, 0.4) is 0 Å². The van der Waals surface area contributed by atoms with Gasteiger partial charge in [-0.15, -0.1) is 0 Å². The smallest absolute Gasteiger partial charge is 0.243 e. The molecule has 172 valence electrons. The zero-order chi connectivity index (χ0) is 23.1. The molecule has 1 aliphatic rings. The van der Waals surface area contributed by atoms with Crippen LogP contribution in [0.15, 0.2) is 59.0 Å². The van der Waals surface area contributed by atoms with Gasteiger partial charge in [0.1, 0.15) is 5.82 Å². The van der Waals surface area contributed by atoms with Gasteiger partial charge in [-0.2, -0.15) is 4.31 Å². The molecule has 0 saturated carbocycles. The van der Waals surface area contributed by atoms with Crippen molar-refractivity contribution in [1.29, 1.82) is 0 Å². The maximum absolute atomic E-state index is 14.4. The van der Waals surface area contributed by atoms with Crippen molar-refractivity contribution in [3.63, 3.8) is 0 Å². The van der Waals surface area contributed by atoms with Crippen LogP contribution in [0.5, 0.6) is 0 Å². The van der Waals surface area contributed by atoms with Crippen molar-refractivity contribution in [2.75, 3.05) is 13.1 Å². The number of carbonyl (C=O) groups excluding carboxylic acids is 1. The zero-order valence-electron chi connectivity index (χ0n) is 17.5. The predicted molar refractivity (Wildman–Crippen MR) is 125 cm³/mol. The van der Waals surface area contributed by atoms with Gasteiger partial charge in [0.15, 0.2) is 0 Å². The first-order chi connectivity index (χ1) is 15.3. The van der Waals surface area contributed by atoms with Crippen LogP contribution in [-0.4, -0.2) is 31.7 Å². The number of allylic oxidation sites excluding steroid dienone is 1. The van der Waals surface area contributed by atoms with Gasteiger partial charge in [0.2, 0.25) is 15.9 Å². The molecule has 0 aliphatic heterocycles. The van der Waals surface area contributed by atoms with E-state index in [-0.39, 0.29) is 22.0 Å². The minimum Gasteiger partial charge on any atom is -0.355 e. The molecule has 0 unspecified atom stereocenters. The normalized spacial score (nSPS) is 14.3. The highest BCUT2D eigenvalue weighted by Gasteiger charge is 2.28. The van der Waals surface area contributed by atoms with E-state index in [4.69, 9.17) is 23.2 Å². The molecule has 0 heterocycles. The molecule has 0 spiro atoms. The van der Waals surface area contributed by atoms with Gasteiger partial charge in [-0.3, -0.25) is 4.79 Å². The van der Waals surface area contributed by atoms with Gasteiger partial charge in [0.25, 0.3) is 0 Å². The van der Waals surface area contributed by atoms with Crippen molar-refractivity contribution in [3.8, 4) is 0 Å². The molecular weight excluding hydrogens is 474 g/mol. The van der Waals surface area contributed by atoms with Gasteiger partial charge in [-0.25, -0.2) is 12.8 Å². The van der Waals surface area contributed by atoms with Crippen molar-refractivity contribution < 1.29 is 17.6 Å². The number of rotatable bonds is 9. The summed E-state index contributed by atoms with van der Waals surface area (Å²) in [5.41, 5.74) is 1.31. The second kappa shape index (κ2) is 11.3. The number of nitrogens with one attached hydrogen (secondary N) is 1. The van der Waals surface area contributed by atoms with Gasteiger partial charge in [0, 0.05) is 28.7 Å². The van der Waals surface area contributed by atoms with E-state index in [2.05, 4.69) is 11.4 Å². The predicted octanol–water partition coefficient (Wildman–Crippen LogP) is 5.33. The summed E-state index contributed by atoms with van der Waals surface area (Å²) >= 11 is 12.0. The summed E-state index contributed by atoms with van der Waals surface area (Å²) in [4.78, 5) is 12.6. The van der Waals surface area contributed by atoms with Gasteiger partial charge in [0.05, 0.1) is 11.4 Å². The molecule has 0 saturated heterocycles. The van der Waals surface area contributed by atoms with E-state index in [1.165, 1.54) is 54.5 Å². The maximum Gasteiger partial charge on any atom is 0.243 e. The maximum atomic E-state index is 14.4. The van der Waals surface area contributed by atoms with Crippen LogP contribution >= 0.6 is 23.2 Å². The van der Waals surface area contributed by atoms with E-state index < -0.39 is 28.3 Å². The number of nitrogens with zero attached hydrogens (tertiary/aromatic N) is 1. The third kappa shape index (κ3) is 6.54. The molecule has 0 atom stereocenters. The molecule has 2 aromatic rings. The van der Waals surface area contributed by atoms with Crippen molar-refractivity contribution in [2.45, 2.75) is 43.5 Å². The van der Waals surface area contributed by atoms with E-state index >= 15 is 0 Å². The highest BCUT2D eigenvalue weighted by molar-refractivity contribution is 7.89. The average Bonchev–Trinajstić information content (AvgIpc) is 2.76. The van der Waals surface area contributed by atoms with Crippen molar-refractivity contribution in [2.24, 2.45) is 0 Å². The van der Waals surface area contributed by atoms with Crippen LogP contribution in [0.25, 0.3) is 0 Å². The SMILES string of the molecule is O=C(CN(Cc1c(F)cccc1Cl)S(=O)(=O)c1ccc(Cl)cc1)NCCC1=CCCCC1. The Morgan fingerprint density at radius 3 is 2.50 bits per heavy atom. The Kier molecular flexibility index (Phi) is 8.71. The highest BCUT2D eigenvalue weighted by Crippen LogP contribution is 2.25. The summed E-state index contributed by atoms with van der Waals surface area (Å²) in [5, 5.41) is 3.24. The Balaban J connectivity index is 1.77. The molecule has 32 heavy (non-hydrogen) atoms. The first kappa shape index (κ1) is 24.7. The van der Waals surface area contributed by atoms with Crippen LogP contribution in [0.2, 0.25) is 10.0 Å². The highest BCUT2D eigenvalue weighted by atomic mass is 35.5. The van der Waals surface area contributed by atoms with E-state index in [1.54, 1.807) is 0 Å². The standard InChI is InChI=1S/C23H25Cl2FN2O3S/c24-18-9-11-19(12-10-18)32(30,31)28(15-20-21(25)7-4-8-22(20)26)16-23(29)27-14-13-17-5-2-1-3-6-17/h4-5,7-12H,1-3,6,13-16H2,(H,27,29). The molecule has 5 nitrogen and oxygen atoms in total. The summed E-state index contributed by atoms with van der Waals surface area (Å²) in [6, 6.07) is 9.70. The second-order valence-electron chi connectivity index (χ2n) is 7.64. The quantitative estimate of drug-likeness (QED) is 0.475. The van der Waals surface area contributed by atoms with Gasteiger partial charge < -0.3 is 5.32 Å². The van der Waals surface area contributed by atoms with Crippen molar-refractivity contribution >= 4 is 39.1 Å². The largest absolute Gasteiger partial charge is 0.355 e. The number of amides is 1.